The number of hydrogen-bond acceptors (Lipinski definition) is 6. The van der Waals surface area contributed by atoms with Gasteiger partial charge in [-0.3, -0.25) is 34.1 Å². The molecule has 9 heteroatoms. The van der Waals surface area contributed by atoms with E-state index in [9.17, 15) is 19.2 Å². The lowest BCUT2D eigenvalue weighted by molar-refractivity contribution is -0.136. The number of piperidine rings is 1. The number of amides is 4. The first kappa shape index (κ1) is 17.9. The van der Waals surface area contributed by atoms with Gasteiger partial charge >= 0.3 is 0 Å². The fourth-order valence-electron chi connectivity index (χ4n) is 3.70. The summed E-state index contributed by atoms with van der Waals surface area (Å²) >= 11 is 0. The maximum atomic E-state index is 13.1. The maximum Gasteiger partial charge on any atom is 0.264 e. The molecule has 1 saturated heterocycles. The predicted molar refractivity (Wildman–Crippen MR) is 98.4 cm³/mol. The molecule has 2 aliphatic heterocycles. The Labute approximate surface area is 160 Å². The molecule has 0 aliphatic carbocycles. The number of fused-ring (bicyclic) bond motifs is 1. The van der Waals surface area contributed by atoms with Gasteiger partial charge in [-0.1, -0.05) is 6.07 Å². The van der Waals surface area contributed by atoms with Gasteiger partial charge in [0.2, 0.25) is 11.8 Å². The van der Waals surface area contributed by atoms with Gasteiger partial charge in [-0.2, -0.15) is 5.10 Å². The van der Waals surface area contributed by atoms with Gasteiger partial charge in [0.15, 0.2) is 0 Å². The van der Waals surface area contributed by atoms with Crippen LogP contribution in [0.3, 0.4) is 0 Å². The van der Waals surface area contributed by atoms with Gasteiger partial charge in [0.05, 0.1) is 29.1 Å². The number of nitrogens with zero attached hydrogens (tertiary/aromatic N) is 4. The summed E-state index contributed by atoms with van der Waals surface area (Å²) in [6, 6.07) is 5.98. The van der Waals surface area contributed by atoms with Gasteiger partial charge in [-0.05, 0) is 24.6 Å². The number of nitrogens with one attached hydrogen (secondary N) is 1. The Balaban J connectivity index is 1.67. The summed E-state index contributed by atoms with van der Waals surface area (Å²) in [6.07, 6.45) is 1.92. The van der Waals surface area contributed by atoms with Gasteiger partial charge in [-0.25, -0.2) is 0 Å². The first-order valence-electron chi connectivity index (χ1n) is 8.91. The molecule has 144 valence electrons. The Morgan fingerprint density at radius 3 is 2.64 bits per heavy atom. The van der Waals surface area contributed by atoms with Crippen LogP contribution >= 0.6 is 0 Å². The zero-order chi connectivity index (χ0) is 20.0. The summed E-state index contributed by atoms with van der Waals surface area (Å²) in [5.41, 5.74) is 2.09. The summed E-state index contributed by atoms with van der Waals surface area (Å²) in [5.74, 6) is -2.03. The number of aromatic nitrogens is 2. The molecule has 1 fully saturated rings. The molecule has 1 N–H and O–H groups in total. The van der Waals surface area contributed by atoms with Crippen molar-refractivity contribution in [3.05, 3.63) is 47.3 Å². The Hall–Kier alpha value is -3.49. The standard InChI is InChI=1S/C19H19N5O4/c1-22(10-11-8-9-20-23(11)2)13-5-3-4-12-16(13)19(28)24(18(12)27)14-6-7-15(25)21-17(14)26/h3-5,8-9,14H,6-7,10H2,1-2H3,(H,21,25,26). The Morgan fingerprint density at radius 2 is 1.96 bits per heavy atom. The molecule has 2 aliphatic rings. The van der Waals surface area contributed by atoms with Crippen LogP contribution in [0.5, 0.6) is 0 Å². The number of benzene rings is 1. The molecular weight excluding hydrogens is 362 g/mol. The number of carbonyl (C=O) groups excluding carboxylic acids is 4. The highest BCUT2D eigenvalue weighted by molar-refractivity contribution is 6.25. The van der Waals surface area contributed by atoms with E-state index in [0.717, 1.165) is 10.6 Å². The third kappa shape index (κ3) is 2.75. The van der Waals surface area contributed by atoms with E-state index in [2.05, 4.69) is 10.4 Å². The highest BCUT2D eigenvalue weighted by Gasteiger charge is 2.45. The van der Waals surface area contributed by atoms with E-state index < -0.39 is 29.7 Å². The molecule has 9 nitrogen and oxygen atoms in total. The highest BCUT2D eigenvalue weighted by Crippen LogP contribution is 2.34. The van der Waals surface area contributed by atoms with Gasteiger partial charge < -0.3 is 4.90 Å². The molecule has 0 bridgehead atoms. The van der Waals surface area contributed by atoms with Crippen LogP contribution in [0.2, 0.25) is 0 Å². The van der Waals surface area contributed by atoms with Gasteiger partial charge in [-0.15, -0.1) is 0 Å². The minimum atomic E-state index is -0.972. The monoisotopic (exact) mass is 381 g/mol. The minimum absolute atomic E-state index is 0.0943. The second-order valence-electron chi connectivity index (χ2n) is 6.95. The number of carbonyl (C=O) groups is 4. The topological polar surface area (TPSA) is 105 Å². The number of rotatable bonds is 4. The van der Waals surface area contributed by atoms with E-state index in [1.807, 2.05) is 25.1 Å². The van der Waals surface area contributed by atoms with Crippen LogP contribution in [0.4, 0.5) is 5.69 Å². The number of anilines is 1. The van der Waals surface area contributed by atoms with E-state index in [1.165, 1.54) is 0 Å². The Bertz CT molecular complexity index is 1010. The van der Waals surface area contributed by atoms with Crippen molar-refractivity contribution >= 4 is 29.3 Å². The van der Waals surface area contributed by atoms with Crippen molar-refractivity contribution in [2.75, 3.05) is 11.9 Å². The minimum Gasteiger partial charge on any atom is -0.368 e. The molecule has 0 saturated carbocycles. The molecule has 1 atom stereocenters. The maximum absolute atomic E-state index is 13.1. The van der Waals surface area contributed by atoms with Crippen LogP contribution in [0.25, 0.3) is 0 Å². The molecule has 1 aromatic heterocycles. The fraction of sp³-hybridized carbons (Fsp3) is 0.316. The lowest BCUT2D eigenvalue weighted by Gasteiger charge is -2.28. The van der Waals surface area contributed by atoms with Crippen molar-refractivity contribution in [3.8, 4) is 0 Å². The average molecular weight is 381 g/mol. The van der Waals surface area contributed by atoms with Crippen LogP contribution in [0.15, 0.2) is 30.5 Å². The van der Waals surface area contributed by atoms with Gasteiger partial charge in [0, 0.05) is 26.7 Å². The largest absolute Gasteiger partial charge is 0.368 e. The van der Waals surface area contributed by atoms with E-state index in [0.29, 0.717) is 12.2 Å². The first-order valence-corrected chi connectivity index (χ1v) is 8.91. The summed E-state index contributed by atoms with van der Waals surface area (Å²) in [5, 5.41) is 6.34. The lowest BCUT2D eigenvalue weighted by Crippen LogP contribution is -2.54. The molecule has 4 rings (SSSR count). The third-order valence-corrected chi connectivity index (χ3v) is 5.18. The Morgan fingerprint density at radius 1 is 1.18 bits per heavy atom. The average Bonchev–Trinajstić information content (AvgIpc) is 3.17. The number of hydrogen-bond donors (Lipinski definition) is 1. The molecule has 0 radical (unpaired) electrons. The predicted octanol–water partition coefficient (Wildman–Crippen LogP) is 0.458. The fourth-order valence-corrected chi connectivity index (χ4v) is 3.70. The summed E-state index contributed by atoms with van der Waals surface area (Å²) in [4.78, 5) is 52.5. The van der Waals surface area contributed by atoms with Crippen molar-refractivity contribution in [2.24, 2.45) is 7.05 Å². The van der Waals surface area contributed by atoms with Crippen LogP contribution < -0.4 is 10.2 Å². The normalized spacial score (nSPS) is 19.1. The summed E-state index contributed by atoms with van der Waals surface area (Å²) in [7, 11) is 3.66. The quantitative estimate of drug-likeness (QED) is 0.772. The first-order chi connectivity index (χ1) is 13.4. The zero-order valence-corrected chi connectivity index (χ0v) is 15.5. The van der Waals surface area contributed by atoms with E-state index in [1.54, 1.807) is 29.1 Å². The van der Waals surface area contributed by atoms with Crippen LogP contribution in [-0.2, 0) is 23.2 Å². The van der Waals surface area contributed by atoms with E-state index in [-0.39, 0.29) is 24.0 Å². The molecule has 1 unspecified atom stereocenters. The third-order valence-electron chi connectivity index (χ3n) is 5.18. The van der Waals surface area contributed by atoms with E-state index in [4.69, 9.17) is 0 Å². The second-order valence-corrected chi connectivity index (χ2v) is 6.95. The van der Waals surface area contributed by atoms with Gasteiger partial charge in [0.1, 0.15) is 6.04 Å². The molecule has 1 aromatic carbocycles. The molecular formula is C19H19N5O4. The van der Waals surface area contributed by atoms with Crippen molar-refractivity contribution in [1.82, 2.24) is 20.0 Å². The van der Waals surface area contributed by atoms with Crippen molar-refractivity contribution in [3.63, 3.8) is 0 Å². The smallest absolute Gasteiger partial charge is 0.264 e. The van der Waals surface area contributed by atoms with Crippen molar-refractivity contribution < 1.29 is 19.2 Å². The zero-order valence-electron chi connectivity index (χ0n) is 15.5. The molecule has 28 heavy (non-hydrogen) atoms. The van der Waals surface area contributed by atoms with Crippen molar-refractivity contribution in [2.45, 2.75) is 25.4 Å². The van der Waals surface area contributed by atoms with Gasteiger partial charge in [0.25, 0.3) is 11.8 Å². The van der Waals surface area contributed by atoms with Crippen LogP contribution in [0, 0.1) is 0 Å². The summed E-state index contributed by atoms with van der Waals surface area (Å²) in [6.45, 7) is 0.493. The van der Waals surface area contributed by atoms with Crippen LogP contribution in [-0.4, -0.2) is 51.4 Å². The van der Waals surface area contributed by atoms with Crippen LogP contribution in [0.1, 0.15) is 39.3 Å². The Kier molecular flexibility index (Phi) is 4.21. The molecule has 4 amide bonds. The number of imide groups is 2. The van der Waals surface area contributed by atoms with E-state index >= 15 is 0 Å². The molecule has 0 spiro atoms. The number of aryl methyl sites for hydroxylation is 1. The highest BCUT2D eigenvalue weighted by atomic mass is 16.2. The SMILES string of the molecule is CN(Cc1ccnn1C)c1cccc2c1C(=O)N(C1CCC(=O)NC1=O)C2=O. The summed E-state index contributed by atoms with van der Waals surface area (Å²) < 4.78 is 1.74. The second kappa shape index (κ2) is 6.59. The lowest BCUT2D eigenvalue weighted by atomic mass is 10.0. The molecule has 2 aromatic rings. The van der Waals surface area contributed by atoms with Crippen molar-refractivity contribution in [1.29, 1.82) is 0 Å². The molecule has 3 heterocycles.